The number of nitrogens with one attached hydrogen (secondary N) is 2. The predicted octanol–water partition coefficient (Wildman–Crippen LogP) is 2.35. The van der Waals surface area contributed by atoms with Gasteiger partial charge >= 0.3 is 6.03 Å². The van der Waals surface area contributed by atoms with Crippen molar-refractivity contribution in [2.75, 3.05) is 18.4 Å². The van der Waals surface area contributed by atoms with Crippen molar-refractivity contribution in [2.45, 2.75) is 51.7 Å². The van der Waals surface area contributed by atoms with Crippen LogP contribution >= 0.6 is 0 Å². The molecule has 9 heteroatoms. The van der Waals surface area contributed by atoms with Crippen molar-refractivity contribution in [3.05, 3.63) is 35.9 Å². The third-order valence-electron chi connectivity index (χ3n) is 4.56. The van der Waals surface area contributed by atoms with E-state index >= 15 is 0 Å². The summed E-state index contributed by atoms with van der Waals surface area (Å²) in [6, 6.07) is 5.56. The Hall–Kier alpha value is -2.55. The quantitative estimate of drug-likeness (QED) is 0.856. The van der Waals surface area contributed by atoms with Crippen LogP contribution < -0.4 is 10.6 Å². The summed E-state index contributed by atoms with van der Waals surface area (Å²) in [7, 11) is 0. The lowest BCUT2D eigenvalue weighted by Crippen LogP contribution is -2.46. The summed E-state index contributed by atoms with van der Waals surface area (Å²) < 4.78 is 14.8. The number of tetrazole rings is 1. The summed E-state index contributed by atoms with van der Waals surface area (Å²) in [5.74, 6) is 0.522. The molecule has 3 rings (SSSR count). The normalized spacial score (nSPS) is 16.3. The summed E-state index contributed by atoms with van der Waals surface area (Å²) >= 11 is 0. The molecule has 0 unspecified atom stereocenters. The molecule has 1 aliphatic heterocycles. The van der Waals surface area contributed by atoms with Crippen LogP contribution in [0.5, 0.6) is 0 Å². The number of nitrogens with zero attached hydrogens (tertiary/aromatic N) is 5. The van der Waals surface area contributed by atoms with Gasteiger partial charge in [-0.3, -0.25) is 4.90 Å². The SMILES string of the molecule is CC(C)(C)n1nnnc1CN1CCC(NC(=O)Nc2ccc(F)cc2)CC1. The Bertz CT molecular complexity index is 761. The summed E-state index contributed by atoms with van der Waals surface area (Å²) in [6.45, 7) is 8.63. The Morgan fingerprint density at radius 3 is 2.52 bits per heavy atom. The molecular formula is C18H26FN7O. The maximum absolute atomic E-state index is 12.9. The van der Waals surface area contributed by atoms with Crippen LogP contribution in [-0.4, -0.2) is 50.3 Å². The highest BCUT2D eigenvalue weighted by Gasteiger charge is 2.25. The van der Waals surface area contributed by atoms with E-state index in [1.54, 1.807) is 0 Å². The molecule has 0 aliphatic carbocycles. The number of halogens is 1. The first-order valence-corrected chi connectivity index (χ1v) is 9.14. The zero-order valence-electron chi connectivity index (χ0n) is 15.9. The van der Waals surface area contributed by atoms with Crippen molar-refractivity contribution < 1.29 is 9.18 Å². The number of rotatable bonds is 4. The molecule has 0 radical (unpaired) electrons. The second kappa shape index (κ2) is 7.99. The van der Waals surface area contributed by atoms with Crippen LogP contribution in [0.3, 0.4) is 0 Å². The molecule has 2 amide bonds. The fourth-order valence-corrected chi connectivity index (χ4v) is 3.15. The first-order valence-electron chi connectivity index (χ1n) is 9.14. The largest absolute Gasteiger partial charge is 0.335 e. The number of hydrogen-bond acceptors (Lipinski definition) is 5. The fraction of sp³-hybridized carbons (Fsp3) is 0.556. The van der Waals surface area contributed by atoms with Gasteiger partial charge in [0.1, 0.15) is 5.82 Å². The molecule has 146 valence electrons. The van der Waals surface area contributed by atoms with Gasteiger partial charge in [0.2, 0.25) is 0 Å². The van der Waals surface area contributed by atoms with Crippen LogP contribution in [-0.2, 0) is 12.1 Å². The number of aromatic nitrogens is 4. The van der Waals surface area contributed by atoms with E-state index in [0.717, 1.165) is 31.8 Å². The number of carbonyl (C=O) groups is 1. The van der Waals surface area contributed by atoms with Crippen LogP contribution in [0.25, 0.3) is 0 Å². The molecule has 0 spiro atoms. The first kappa shape index (κ1) is 19.2. The lowest BCUT2D eigenvalue weighted by atomic mass is 10.1. The smallest absolute Gasteiger partial charge is 0.319 e. The van der Waals surface area contributed by atoms with E-state index in [1.807, 2.05) is 4.68 Å². The number of hydrogen-bond donors (Lipinski definition) is 2. The monoisotopic (exact) mass is 375 g/mol. The van der Waals surface area contributed by atoms with E-state index in [2.05, 4.69) is 51.8 Å². The van der Waals surface area contributed by atoms with E-state index < -0.39 is 0 Å². The van der Waals surface area contributed by atoms with E-state index in [-0.39, 0.29) is 23.4 Å². The topological polar surface area (TPSA) is 88.0 Å². The van der Waals surface area contributed by atoms with Crippen molar-refractivity contribution in [3.8, 4) is 0 Å². The van der Waals surface area contributed by atoms with Crippen molar-refractivity contribution in [1.82, 2.24) is 30.4 Å². The highest BCUT2D eigenvalue weighted by atomic mass is 19.1. The summed E-state index contributed by atoms with van der Waals surface area (Å²) in [4.78, 5) is 14.4. The highest BCUT2D eigenvalue weighted by Crippen LogP contribution is 2.17. The zero-order chi connectivity index (χ0) is 19.4. The highest BCUT2D eigenvalue weighted by molar-refractivity contribution is 5.89. The Labute approximate surface area is 158 Å². The van der Waals surface area contributed by atoms with E-state index in [1.165, 1.54) is 24.3 Å². The molecule has 2 heterocycles. The third-order valence-corrected chi connectivity index (χ3v) is 4.56. The Kier molecular flexibility index (Phi) is 5.69. The predicted molar refractivity (Wildman–Crippen MR) is 99.7 cm³/mol. The molecule has 1 aromatic heterocycles. The molecule has 2 aromatic rings. The Morgan fingerprint density at radius 2 is 1.89 bits per heavy atom. The number of piperidine rings is 1. The molecule has 2 N–H and O–H groups in total. The molecule has 0 atom stereocenters. The number of urea groups is 1. The molecule has 0 saturated carbocycles. The average molecular weight is 375 g/mol. The number of anilines is 1. The molecule has 1 fully saturated rings. The fourth-order valence-electron chi connectivity index (χ4n) is 3.15. The standard InChI is InChI=1S/C18H26FN7O/c1-18(2,3)26-16(22-23-24-26)12-25-10-8-15(9-11-25)21-17(27)20-14-6-4-13(19)5-7-14/h4-7,15H,8-12H2,1-3H3,(H2,20,21,27). The number of benzene rings is 1. The van der Waals surface area contributed by atoms with Crippen molar-refractivity contribution in [2.24, 2.45) is 0 Å². The van der Waals surface area contributed by atoms with Crippen molar-refractivity contribution in [1.29, 1.82) is 0 Å². The number of amides is 2. The van der Waals surface area contributed by atoms with Gasteiger partial charge in [0.25, 0.3) is 0 Å². The van der Waals surface area contributed by atoms with E-state index in [4.69, 9.17) is 0 Å². The molecule has 1 aromatic carbocycles. The van der Waals surface area contributed by atoms with Gasteiger partial charge in [0, 0.05) is 24.8 Å². The summed E-state index contributed by atoms with van der Waals surface area (Å²) in [5.41, 5.74) is 0.414. The van der Waals surface area contributed by atoms with Gasteiger partial charge < -0.3 is 10.6 Å². The van der Waals surface area contributed by atoms with E-state index in [9.17, 15) is 9.18 Å². The van der Waals surface area contributed by atoms with Crippen LogP contribution in [0, 0.1) is 5.82 Å². The van der Waals surface area contributed by atoms with Crippen LogP contribution in [0.4, 0.5) is 14.9 Å². The number of carbonyl (C=O) groups excluding carboxylic acids is 1. The van der Waals surface area contributed by atoms with Crippen molar-refractivity contribution >= 4 is 11.7 Å². The van der Waals surface area contributed by atoms with Gasteiger partial charge in [-0.1, -0.05) is 0 Å². The minimum absolute atomic E-state index is 0.111. The molecule has 0 bridgehead atoms. The van der Waals surface area contributed by atoms with E-state index in [0.29, 0.717) is 12.2 Å². The van der Waals surface area contributed by atoms with Gasteiger partial charge in [-0.05, 0) is 68.3 Å². The molecule has 8 nitrogen and oxygen atoms in total. The molecule has 1 aliphatic rings. The van der Waals surface area contributed by atoms with Gasteiger partial charge in [0.15, 0.2) is 5.82 Å². The molecule has 1 saturated heterocycles. The minimum atomic E-state index is -0.328. The average Bonchev–Trinajstić information content (AvgIpc) is 3.07. The van der Waals surface area contributed by atoms with Crippen LogP contribution in [0.2, 0.25) is 0 Å². The maximum Gasteiger partial charge on any atom is 0.319 e. The Balaban J connectivity index is 1.46. The van der Waals surface area contributed by atoms with Gasteiger partial charge in [-0.2, -0.15) is 0 Å². The second-order valence-electron chi connectivity index (χ2n) is 7.83. The summed E-state index contributed by atoms with van der Waals surface area (Å²) in [5, 5.41) is 17.8. The lowest BCUT2D eigenvalue weighted by Gasteiger charge is -2.32. The van der Waals surface area contributed by atoms with Gasteiger partial charge in [-0.25, -0.2) is 13.9 Å². The van der Waals surface area contributed by atoms with Crippen LogP contribution in [0.15, 0.2) is 24.3 Å². The van der Waals surface area contributed by atoms with Crippen molar-refractivity contribution in [3.63, 3.8) is 0 Å². The maximum atomic E-state index is 12.9. The molecule has 27 heavy (non-hydrogen) atoms. The Morgan fingerprint density at radius 1 is 1.22 bits per heavy atom. The third kappa shape index (κ3) is 5.22. The summed E-state index contributed by atoms with van der Waals surface area (Å²) in [6.07, 6.45) is 1.71. The lowest BCUT2D eigenvalue weighted by molar-refractivity contribution is 0.179. The first-order chi connectivity index (χ1) is 12.8. The number of likely N-dealkylation sites (tertiary alicyclic amines) is 1. The minimum Gasteiger partial charge on any atom is -0.335 e. The van der Waals surface area contributed by atoms with Gasteiger partial charge in [-0.15, -0.1) is 5.10 Å². The second-order valence-corrected chi connectivity index (χ2v) is 7.83. The molecular weight excluding hydrogens is 349 g/mol. The zero-order valence-corrected chi connectivity index (χ0v) is 15.9. The van der Waals surface area contributed by atoms with Crippen LogP contribution in [0.1, 0.15) is 39.4 Å². The van der Waals surface area contributed by atoms with Gasteiger partial charge in [0.05, 0.1) is 12.1 Å².